The smallest absolute Gasteiger partial charge is 0.255 e. The first-order valence-electron chi connectivity index (χ1n) is 20.3. The summed E-state index contributed by atoms with van der Waals surface area (Å²) in [7, 11) is 0. The van der Waals surface area contributed by atoms with Crippen LogP contribution in [0.3, 0.4) is 0 Å². The highest BCUT2D eigenvalue weighted by Gasteiger charge is 2.40. The number of halogens is 1. The lowest BCUT2D eigenvalue weighted by Gasteiger charge is -2.35. The molecule has 1 unspecified atom stereocenters. The highest BCUT2D eigenvalue weighted by Crippen LogP contribution is 2.33. The Balaban J connectivity index is 0.942. The molecule has 1 atom stereocenters. The monoisotopic (exact) mass is 801 g/mol. The summed E-state index contributed by atoms with van der Waals surface area (Å²) in [6, 6.07) is 12.4. The number of hydrogen-bond acceptors (Lipinski definition) is 9. The van der Waals surface area contributed by atoms with E-state index >= 15 is 4.39 Å². The van der Waals surface area contributed by atoms with Crippen molar-refractivity contribution in [3.63, 3.8) is 0 Å². The fraction of sp³-hybridized carbons (Fsp3) is 0.386. The van der Waals surface area contributed by atoms with Gasteiger partial charge in [-0.15, -0.1) is 0 Å². The van der Waals surface area contributed by atoms with Gasteiger partial charge in [0.05, 0.1) is 23.8 Å². The lowest BCUT2D eigenvalue weighted by atomic mass is 10.00. The number of aromatic amines is 1. The first-order chi connectivity index (χ1) is 28.4. The Hall–Kier alpha value is -6.22. The maximum atomic E-state index is 15.9. The quantitative estimate of drug-likeness (QED) is 0.160. The number of aryl methyl sites for hydroxylation is 2. The van der Waals surface area contributed by atoms with Gasteiger partial charge in [-0.3, -0.25) is 38.9 Å². The number of fused-ring (bicyclic) bond motifs is 2. The first-order valence-corrected chi connectivity index (χ1v) is 20.3. The molecule has 2 saturated heterocycles. The molecule has 3 aliphatic rings. The molecule has 14 nitrogen and oxygen atoms in total. The van der Waals surface area contributed by atoms with Gasteiger partial charge in [0.15, 0.2) is 0 Å². The van der Waals surface area contributed by atoms with Gasteiger partial charge in [-0.1, -0.05) is 19.4 Å². The number of carbonyl (C=O) groups is 4. The van der Waals surface area contributed by atoms with Crippen LogP contribution in [0.5, 0.6) is 0 Å². The third-order valence-corrected chi connectivity index (χ3v) is 11.7. The fourth-order valence-corrected chi connectivity index (χ4v) is 8.54. The van der Waals surface area contributed by atoms with Crippen LogP contribution in [0.15, 0.2) is 59.7 Å². The number of piperidine rings is 1. The Morgan fingerprint density at radius 2 is 1.78 bits per heavy atom. The van der Waals surface area contributed by atoms with E-state index < -0.39 is 23.7 Å². The van der Waals surface area contributed by atoms with Crippen molar-refractivity contribution >= 4 is 40.3 Å². The molecule has 4 amide bonds. The molecule has 3 aromatic heterocycles. The third-order valence-electron chi connectivity index (χ3n) is 11.7. The Morgan fingerprint density at radius 3 is 2.49 bits per heavy atom. The van der Waals surface area contributed by atoms with E-state index in [2.05, 4.69) is 37.4 Å². The summed E-state index contributed by atoms with van der Waals surface area (Å²) in [4.78, 5) is 77.4. The van der Waals surface area contributed by atoms with Crippen LogP contribution in [0.4, 0.5) is 10.2 Å². The van der Waals surface area contributed by atoms with Gasteiger partial charge in [-0.2, -0.15) is 5.10 Å². The number of pyridine rings is 2. The van der Waals surface area contributed by atoms with Crippen molar-refractivity contribution in [2.75, 3.05) is 31.1 Å². The van der Waals surface area contributed by atoms with Gasteiger partial charge >= 0.3 is 0 Å². The number of amides is 4. The minimum absolute atomic E-state index is 0.00451. The molecule has 8 rings (SSSR count). The average molecular weight is 802 g/mol. The molecule has 0 spiro atoms. The summed E-state index contributed by atoms with van der Waals surface area (Å²) >= 11 is 0. The van der Waals surface area contributed by atoms with Crippen molar-refractivity contribution in [1.82, 2.24) is 40.2 Å². The second-order valence-corrected chi connectivity index (χ2v) is 16.0. The molecule has 6 heterocycles. The number of carbonyl (C=O) groups excluding carboxylic acids is 4. The van der Waals surface area contributed by atoms with Gasteiger partial charge in [-0.25, -0.2) is 9.37 Å². The number of nitrogens with zero attached hydrogens (tertiary/aromatic N) is 6. The van der Waals surface area contributed by atoms with Crippen LogP contribution >= 0.6 is 0 Å². The molecular formula is C44H48FN9O5. The molecule has 15 heteroatoms. The zero-order valence-corrected chi connectivity index (χ0v) is 33.7. The van der Waals surface area contributed by atoms with Crippen molar-refractivity contribution in [2.45, 2.75) is 85.1 Å². The largest absolute Gasteiger partial charge is 0.354 e. The fourth-order valence-electron chi connectivity index (χ4n) is 8.54. The van der Waals surface area contributed by atoms with Gasteiger partial charge in [0.2, 0.25) is 11.8 Å². The number of imide groups is 1. The van der Waals surface area contributed by atoms with Gasteiger partial charge < -0.3 is 20.1 Å². The molecule has 0 aliphatic carbocycles. The van der Waals surface area contributed by atoms with Crippen LogP contribution in [0.25, 0.3) is 22.0 Å². The first kappa shape index (κ1) is 39.6. The molecule has 2 aromatic carbocycles. The van der Waals surface area contributed by atoms with Crippen LogP contribution in [0, 0.1) is 12.7 Å². The van der Waals surface area contributed by atoms with E-state index in [1.807, 2.05) is 62.0 Å². The summed E-state index contributed by atoms with van der Waals surface area (Å²) in [5.41, 5.74) is 6.06. The number of H-pyrrole nitrogens is 1. The predicted molar refractivity (Wildman–Crippen MR) is 220 cm³/mol. The SMILES string of the molecule is CCCc1cc(C)[nH]c(=O)c1CNC(=O)c1cc(-c2ccc(N3CCN(Cc4ccc5c(c4F)CN(C4CCC(=O)NC4=O)C5=O)CC3)nc2)cc2c1cnn2C(C)C. The van der Waals surface area contributed by atoms with E-state index in [0.717, 1.165) is 51.9 Å². The molecule has 306 valence electrons. The second kappa shape index (κ2) is 16.2. The highest BCUT2D eigenvalue weighted by atomic mass is 19.1. The molecule has 0 bridgehead atoms. The van der Waals surface area contributed by atoms with Crippen LogP contribution in [-0.4, -0.2) is 85.4 Å². The maximum Gasteiger partial charge on any atom is 0.255 e. The molecule has 5 aromatic rings. The predicted octanol–water partition coefficient (Wildman–Crippen LogP) is 4.78. The number of hydrogen-bond donors (Lipinski definition) is 3. The molecule has 3 N–H and O–H groups in total. The summed E-state index contributed by atoms with van der Waals surface area (Å²) in [5, 5.41) is 10.6. The van der Waals surface area contributed by atoms with Crippen LogP contribution in [0.1, 0.15) is 94.7 Å². The van der Waals surface area contributed by atoms with Crippen molar-refractivity contribution < 1.29 is 23.6 Å². The standard InChI is InChI=1S/C44H48FN9O5/c1-5-6-27-17-26(4)49-42(57)33(27)21-47-41(56)32-18-30(19-37-34(32)22-48-54(37)25(2)3)28-8-11-38(46-20-28)52-15-13-51(14-16-52)23-29-7-9-31-35(40(29)45)24-53(44(31)59)36-10-12-39(55)50-43(36)58/h7-9,11,17-20,22,25,36H,5-6,10,12-16,21,23-24H2,1-4H3,(H,47,56)(H,49,57)(H,50,55,58). The van der Waals surface area contributed by atoms with Crippen LogP contribution in [0.2, 0.25) is 0 Å². The van der Waals surface area contributed by atoms with E-state index in [1.54, 1.807) is 18.3 Å². The topological polar surface area (TPSA) is 166 Å². The number of benzene rings is 2. The van der Waals surface area contributed by atoms with E-state index in [9.17, 15) is 24.0 Å². The minimum atomic E-state index is -0.795. The summed E-state index contributed by atoms with van der Waals surface area (Å²) in [6.07, 6.45) is 5.50. The van der Waals surface area contributed by atoms with E-state index in [4.69, 9.17) is 4.98 Å². The normalized spacial score (nSPS) is 17.3. The van der Waals surface area contributed by atoms with Gasteiger partial charge in [0.25, 0.3) is 17.4 Å². The minimum Gasteiger partial charge on any atom is -0.354 e. The number of piperazine rings is 1. The van der Waals surface area contributed by atoms with Crippen molar-refractivity contribution in [3.05, 3.63) is 110 Å². The highest BCUT2D eigenvalue weighted by molar-refractivity contribution is 6.08. The van der Waals surface area contributed by atoms with Crippen molar-refractivity contribution in [3.8, 4) is 11.1 Å². The number of nitrogens with one attached hydrogen (secondary N) is 3. The lowest BCUT2D eigenvalue weighted by Crippen LogP contribution is -2.52. The zero-order valence-electron chi connectivity index (χ0n) is 33.7. The van der Waals surface area contributed by atoms with Gasteiger partial charge in [-0.05, 0) is 81.1 Å². The van der Waals surface area contributed by atoms with E-state index in [1.165, 1.54) is 4.90 Å². The second-order valence-electron chi connectivity index (χ2n) is 16.0. The Kier molecular flexibility index (Phi) is 10.9. The van der Waals surface area contributed by atoms with Crippen molar-refractivity contribution in [1.29, 1.82) is 0 Å². The molecular weight excluding hydrogens is 754 g/mol. The number of rotatable bonds is 11. The molecule has 2 fully saturated rings. The zero-order chi connectivity index (χ0) is 41.5. The van der Waals surface area contributed by atoms with E-state index in [-0.39, 0.29) is 54.9 Å². The summed E-state index contributed by atoms with van der Waals surface area (Å²) in [5.74, 6) is -1.20. The Bertz CT molecular complexity index is 2540. The van der Waals surface area contributed by atoms with Gasteiger partial charge in [0, 0.05) is 96.8 Å². The van der Waals surface area contributed by atoms with E-state index in [0.29, 0.717) is 55.0 Å². The van der Waals surface area contributed by atoms with Gasteiger partial charge in [0.1, 0.15) is 17.7 Å². The number of anilines is 1. The Morgan fingerprint density at radius 1 is 0.983 bits per heavy atom. The molecule has 3 aliphatic heterocycles. The molecule has 0 radical (unpaired) electrons. The maximum absolute atomic E-state index is 15.9. The van der Waals surface area contributed by atoms with Crippen molar-refractivity contribution in [2.24, 2.45) is 0 Å². The molecule has 59 heavy (non-hydrogen) atoms. The average Bonchev–Trinajstić information content (AvgIpc) is 3.80. The number of aromatic nitrogens is 4. The summed E-state index contributed by atoms with van der Waals surface area (Å²) < 4.78 is 17.8. The lowest BCUT2D eigenvalue weighted by molar-refractivity contribution is -0.136. The van der Waals surface area contributed by atoms with Crippen LogP contribution in [-0.2, 0) is 35.6 Å². The Labute approximate surface area is 340 Å². The van der Waals surface area contributed by atoms with Crippen LogP contribution < -0.4 is 21.1 Å². The summed E-state index contributed by atoms with van der Waals surface area (Å²) in [6.45, 7) is 11.2. The molecule has 0 saturated carbocycles. The third kappa shape index (κ3) is 7.74.